The largest absolute Gasteiger partial charge is 0.389 e. The molecule has 0 rings (SSSR count). The van der Waals surface area contributed by atoms with Crippen LogP contribution in [0.5, 0.6) is 0 Å². The molecule has 0 saturated heterocycles. The number of rotatable bonds is 2. The Labute approximate surface area is 71.1 Å². The average Bonchev–Trinajstić information content (AvgIpc) is 1.88. The van der Waals surface area contributed by atoms with Crippen molar-refractivity contribution in [1.82, 2.24) is 4.90 Å². The fourth-order valence-corrected chi connectivity index (χ4v) is 0.612. The summed E-state index contributed by atoms with van der Waals surface area (Å²) in [5.74, 6) is 0.292. The molecule has 0 radical (unpaired) electrons. The minimum absolute atomic E-state index is 0.0266. The van der Waals surface area contributed by atoms with Gasteiger partial charge in [0.1, 0.15) is 22.5 Å². The monoisotopic (exact) mass is 170 g/mol. The summed E-state index contributed by atoms with van der Waals surface area (Å²) in [7, 11) is 3.43. The van der Waals surface area contributed by atoms with E-state index in [1.54, 1.807) is 19.0 Å². The topological polar surface area (TPSA) is 79.1 Å². The molecule has 0 fully saturated rings. The minimum atomic E-state index is 0.0266. The summed E-state index contributed by atoms with van der Waals surface area (Å²) >= 11 is 4.60. The Morgan fingerprint density at radius 1 is 1.45 bits per heavy atom. The van der Waals surface area contributed by atoms with Crippen LogP contribution in [0.15, 0.2) is 11.4 Å². The number of nitrogens with zero attached hydrogens (tertiary/aromatic N) is 2. The van der Waals surface area contributed by atoms with Gasteiger partial charge >= 0.3 is 0 Å². The Bertz CT molecular complexity index is 235. The fourth-order valence-electron chi connectivity index (χ4n) is 0.462. The molecule has 0 aliphatic carbocycles. The van der Waals surface area contributed by atoms with Crippen molar-refractivity contribution < 1.29 is 0 Å². The smallest absolute Gasteiger partial charge is 0.126 e. The van der Waals surface area contributed by atoms with Gasteiger partial charge in [0.2, 0.25) is 0 Å². The van der Waals surface area contributed by atoms with Crippen molar-refractivity contribution in [2.75, 3.05) is 14.1 Å². The van der Waals surface area contributed by atoms with E-state index in [1.165, 1.54) is 0 Å². The molecule has 5 heteroatoms. The molecule has 0 aliphatic heterocycles. The first-order chi connectivity index (χ1) is 5.00. The van der Waals surface area contributed by atoms with Crippen molar-refractivity contribution in [3.8, 4) is 6.07 Å². The summed E-state index contributed by atoms with van der Waals surface area (Å²) in [4.78, 5) is 1.61. The molecule has 0 heterocycles. The van der Waals surface area contributed by atoms with Gasteiger partial charge in [-0.05, 0) is 0 Å². The van der Waals surface area contributed by atoms with Crippen LogP contribution in [0.1, 0.15) is 0 Å². The number of thiocarbonyl (C=S) groups is 1. The Hall–Kier alpha value is -1.28. The lowest BCUT2D eigenvalue weighted by atomic mass is 10.3. The van der Waals surface area contributed by atoms with Crippen molar-refractivity contribution in [3.05, 3.63) is 11.4 Å². The standard InChI is InChI=1S/C6H10N4S/c1-10(2)5(8)4(3-7)6(9)11/h8H2,1-2H3,(H2,9,11)/b5-4+. The first kappa shape index (κ1) is 9.72. The van der Waals surface area contributed by atoms with Crippen LogP contribution in [-0.2, 0) is 0 Å². The van der Waals surface area contributed by atoms with Gasteiger partial charge < -0.3 is 16.4 Å². The summed E-state index contributed by atoms with van der Waals surface area (Å²) in [6, 6.07) is 1.83. The highest BCUT2D eigenvalue weighted by Gasteiger charge is 2.06. The lowest BCUT2D eigenvalue weighted by molar-refractivity contribution is 0.504. The quantitative estimate of drug-likeness (QED) is 0.333. The molecule has 0 bridgehead atoms. The number of hydrogen-bond acceptors (Lipinski definition) is 4. The molecule has 0 unspecified atom stereocenters. The molecule has 0 amide bonds. The van der Waals surface area contributed by atoms with Crippen LogP contribution >= 0.6 is 12.2 Å². The molecular formula is C6H10N4S. The second-order valence-electron chi connectivity index (χ2n) is 2.13. The molecule has 4 N–H and O–H groups in total. The van der Waals surface area contributed by atoms with Crippen LogP contribution in [0.2, 0.25) is 0 Å². The third-order valence-electron chi connectivity index (χ3n) is 1.10. The summed E-state index contributed by atoms with van der Waals surface area (Å²) < 4.78 is 0. The van der Waals surface area contributed by atoms with Crippen molar-refractivity contribution >= 4 is 17.2 Å². The fraction of sp³-hybridized carbons (Fsp3) is 0.333. The zero-order chi connectivity index (χ0) is 9.02. The first-order valence-electron chi connectivity index (χ1n) is 2.87. The SMILES string of the molecule is CN(C)/C(N)=C(\C#N)C(N)=S. The van der Waals surface area contributed by atoms with Crippen LogP contribution in [-0.4, -0.2) is 24.0 Å². The Kier molecular flexibility index (Phi) is 3.34. The van der Waals surface area contributed by atoms with Gasteiger partial charge in [0.15, 0.2) is 0 Å². The molecule has 0 aromatic heterocycles. The molecule has 0 aliphatic rings. The van der Waals surface area contributed by atoms with E-state index in [2.05, 4.69) is 12.2 Å². The Morgan fingerprint density at radius 2 is 1.91 bits per heavy atom. The van der Waals surface area contributed by atoms with Crippen LogP contribution in [0.3, 0.4) is 0 Å². The normalized spacial score (nSPS) is 11.4. The van der Waals surface area contributed by atoms with Crippen LogP contribution in [0, 0.1) is 11.3 Å². The maximum absolute atomic E-state index is 8.53. The van der Waals surface area contributed by atoms with Crippen molar-refractivity contribution in [2.45, 2.75) is 0 Å². The highest BCUT2D eigenvalue weighted by molar-refractivity contribution is 7.80. The summed E-state index contributed by atoms with van der Waals surface area (Å²) in [6.45, 7) is 0. The maximum atomic E-state index is 8.53. The highest BCUT2D eigenvalue weighted by atomic mass is 32.1. The minimum Gasteiger partial charge on any atom is -0.389 e. The van der Waals surface area contributed by atoms with Gasteiger partial charge in [-0.15, -0.1) is 0 Å². The van der Waals surface area contributed by atoms with Gasteiger partial charge in [-0.1, -0.05) is 12.2 Å². The Balaban J connectivity index is 4.88. The molecule has 0 atom stereocenters. The van der Waals surface area contributed by atoms with Crippen LogP contribution in [0.4, 0.5) is 0 Å². The average molecular weight is 170 g/mol. The van der Waals surface area contributed by atoms with E-state index in [-0.39, 0.29) is 10.6 Å². The molecule has 0 aromatic carbocycles. The van der Waals surface area contributed by atoms with E-state index in [4.69, 9.17) is 16.7 Å². The van der Waals surface area contributed by atoms with Crippen molar-refractivity contribution in [3.63, 3.8) is 0 Å². The molecule has 11 heavy (non-hydrogen) atoms. The van der Waals surface area contributed by atoms with E-state index >= 15 is 0 Å². The van der Waals surface area contributed by atoms with Crippen molar-refractivity contribution in [2.24, 2.45) is 11.5 Å². The van der Waals surface area contributed by atoms with Gasteiger partial charge in [-0.2, -0.15) is 5.26 Å². The van der Waals surface area contributed by atoms with Crippen LogP contribution < -0.4 is 11.5 Å². The first-order valence-corrected chi connectivity index (χ1v) is 3.28. The van der Waals surface area contributed by atoms with Crippen molar-refractivity contribution in [1.29, 1.82) is 5.26 Å². The molecular weight excluding hydrogens is 160 g/mol. The zero-order valence-corrected chi connectivity index (χ0v) is 7.27. The van der Waals surface area contributed by atoms with E-state index in [9.17, 15) is 0 Å². The van der Waals surface area contributed by atoms with E-state index in [1.807, 2.05) is 6.07 Å². The Morgan fingerprint density at radius 3 is 2.00 bits per heavy atom. The van der Waals surface area contributed by atoms with E-state index < -0.39 is 0 Å². The summed E-state index contributed by atoms with van der Waals surface area (Å²) in [5.41, 5.74) is 10.9. The van der Waals surface area contributed by atoms with Gasteiger partial charge in [0.05, 0.1) is 0 Å². The number of nitrogens with two attached hydrogens (primary N) is 2. The third kappa shape index (κ3) is 2.43. The lowest BCUT2D eigenvalue weighted by Crippen LogP contribution is -2.25. The molecule has 60 valence electrons. The molecule has 0 aromatic rings. The zero-order valence-electron chi connectivity index (χ0n) is 6.46. The maximum Gasteiger partial charge on any atom is 0.126 e. The molecule has 0 saturated carbocycles. The van der Waals surface area contributed by atoms with Gasteiger partial charge in [-0.25, -0.2) is 0 Å². The number of nitriles is 1. The lowest BCUT2D eigenvalue weighted by Gasteiger charge is -2.13. The third-order valence-corrected chi connectivity index (χ3v) is 1.30. The number of hydrogen-bond donors (Lipinski definition) is 2. The summed E-state index contributed by atoms with van der Waals surface area (Å²) in [6.07, 6.45) is 0. The van der Waals surface area contributed by atoms with E-state index in [0.29, 0.717) is 5.82 Å². The highest BCUT2D eigenvalue weighted by Crippen LogP contribution is 1.99. The summed E-state index contributed by atoms with van der Waals surface area (Å²) in [5, 5.41) is 8.53. The second-order valence-corrected chi connectivity index (χ2v) is 2.57. The van der Waals surface area contributed by atoms with Gasteiger partial charge in [0.25, 0.3) is 0 Å². The predicted octanol–water partition coefficient (Wildman–Crippen LogP) is -0.472. The predicted molar refractivity (Wildman–Crippen MR) is 47.3 cm³/mol. The molecule has 0 spiro atoms. The molecule has 4 nitrogen and oxygen atoms in total. The van der Waals surface area contributed by atoms with Gasteiger partial charge in [-0.3, -0.25) is 0 Å². The van der Waals surface area contributed by atoms with E-state index in [0.717, 1.165) is 0 Å². The second kappa shape index (κ2) is 3.78. The van der Waals surface area contributed by atoms with Crippen LogP contribution in [0.25, 0.3) is 0 Å². The van der Waals surface area contributed by atoms with Gasteiger partial charge in [0, 0.05) is 14.1 Å².